The fraction of sp³-hybridized carbons (Fsp3) is 0.167. The minimum Gasteiger partial charge on any atom is -0.322 e. The minimum atomic E-state index is -0.191. The number of carbonyl (C=O) groups excluding carboxylic acids is 2. The first-order chi connectivity index (χ1) is 13.6. The molecule has 0 aliphatic rings. The van der Waals surface area contributed by atoms with Gasteiger partial charge < -0.3 is 10.6 Å². The molecule has 0 aliphatic carbocycles. The highest BCUT2D eigenvalue weighted by Crippen LogP contribution is 2.18. The van der Waals surface area contributed by atoms with E-state index < -0.39 is 0 Å². The average Bonchev–Trinajstić information content (AvgIpc) is 2.74. The number of amides is 2. The topological polar surface area (TPSA) is 58.2 Å². The number of benzene rings is 3. The second-order valence-electron chi connectivity index (χ2n) is 6.51. The van der Waals surface area contributed by atoms with Gasteiger partial charge in [0.05, 0.1) is 0 Å². The predicted molar refractivity (Wildman–Crippen MR) is 114 cm³/mol. The Labute approximate surface area is 165 Å². The Kier molecular flexibility index (Phi) is 6.22. The fourth-order valence-corrected chi connectivity index (χ4v) is 3.06. The Hall–Kier alpha value is -3.40. The summed E-state index contributed by atoms with van der Waals surface area (Å²) in [4.78, 5) is 25.1. The number of hydrogen-bond acceptors (Lipinski definition) is 2. The zero-order valence-corrected chi connectivity index (χ0v) is 16.2. The van der Waals surface area contributed by atoms with Crippen LogP contribution in [0, 0.1) is 0 Å². The van der Waals surface area contributed by atoms with Crippen molar-refractivity contribution in [1.82, 2.24) is 0 Å². The molecule has 0 radical (unpaired) electrons. The molecule has 3 aromatic carbocycles. The van der Waals surface area contributed by atoms with Gasteiger partial charge >= 0.3 is 0 Å². The first kappa shape index (κ1) is 19.4. The summed E-state index contributed by atoms with van der Waals surface area (Å²) >= 11 is 0. The molecule has 28 heavy (non-hydrogen) atoms. The first-order valence-corrected chi connectivity index (χ1v) is 9.51. The Morgan fingerprint density at radius 3 is 1.32 bits per heavy atom. The van der Waals surface area contributed by atoms with Crippen molar-refractivity contribution in [2.45, 2.75) is 26.7 Å². The van der Waals surface area contributed by atoms with E-state index in [1.165, 1.54) is 0 Å². The Bertz CT molecular complexity index is 897. The average molecular weight is 372 g/mol. The smallest absolute Gasteiger partial charge is 0.255 e. The van der Waals surface area contributed by atoms with Crippen LogP contribution in [0.1, 0.15) is 45.7 Å². The molecule has 0 fully saturated rings. The van der Waals surface area contributed by atoms with E-state index in [-0.39, 0.29) is 11.8 Å². The van der Waals surface area contributed by atoms with Crippen molar-refractivity contribution >= 4 is 23.2 Å². The number of carbonyl (C=O) groups is 2. The number of nitrogens with one attached hydrogen (secondary N) is 2. The molecule has 3 rings (SSSR count). The monoisotopic (exact) mass is 372 g/mol. The molecule has 2 amide bonds. The standard InChI is InChI=1S/C24H24N2O2/c1-3-17-9-5-7-11-21(17)25-23(27)19-13-15-20(16-14-19)24(28)26-22-12-8-6-10-18(22)4-2/h5-16H,3-4H2,1-2H3,(H,25,27)(H,26,28). The van der Waals surface area contributed by atoms with Gasteiger partial charge in [0, 0.05) is 22.5 Å². The van der Waals surface area contributed by atoms with Gasteiger partial charge in [-0.25, -0.2) is 0 Å². The molecule has 0 spiro atoms. The number of para-hydroxylation sites is 2. The van der Waals surface area contributed by atoms with E-state index in [1.54, 1.807) is 24.3 Å². The molecular weight excluding hydrogens is 348 g/mol. The lowest BCUT2D eigenvalue weighted by molar-refractivity contribution is 0.101. The lowest BCUT2D eigenvalue weighted by Gasteiger charge is -2.11. The number of aryl methyl sites for hydroxylation is 2. The molecule has 0 aromatic heterocycles. The van der Waals surface area contributed by atoms with Crippen LogP contribution in [0.25, 0.3) is 0 Å². The molecule has 0 bridgehead atoms. The van der Waals surface area contributed by atoms with Gasteiger partial charge in [-0.15, -0.1) is 0 Å². The van der Waals surface area contributed by atoms with E-state index >= 15 is 0 Å². The lowest BCUT2D eigenvalue weighted by atomic mass is 10.1. The maximum Gasteiger partial charge on any atom is 0.255 e. The minimum absolute atomic E-state index is 0.191. The van der Waals surface area contributed by atoms with Gasteiger partial charge in [0.1, 0.15) is 0 Å². The van der Waals surface area contributed by atoms with E-state index in [4.69, 9.17) is 0 Å². The van der Waals surface area contributed by atoms with E-state index in [1.807, 2.05) is 48.5 Å². The summed E-state index contributed by atoms with van der Waals surface area (Å²) < 4.78 is 0. The van der Waals surface area contributed by atoms with Gasteiger partial charge in [-0.2, -0.15) is 0 Å². The van der Waals surface area contributed by atoms with Crippen LogP contribution >= 0.6 is 0 Å². The quantitative estimate of drug-likeness (QED) is 0.615. The fourth-order valence-electron chi connectivity index (χ4n) is 3.06. The van der Waals surface area contributed by atoms with E-state index in [2.05, 4.69) is 24.5 Å². The second-order valence-corrected chi connectivity index (χ2v) is 6.51. The predicted octanol–water partition coefficient (Wildman–Crippen LogP) is 5.32. The number of hydrogen-bond donors (Lipinski definition) is 2. The highest BCUT2D eigenvalue weighted by atomic mass is 16.2. The summed E-state index contributed by atoms with van der Waals surface area (Å²) in [5.41, 5.74) is 4.82. The van der Waals surface area contributed by atoms with Crippen molar-refractivity contribution in [3.05, 3.63) is 95.1 Å². The molecule has 4 heteroatoms. The van der Waals surface area contributed by atoms with Crippen LogP contribution in [-0.4, -0.2) is 11.8 Å². The summed E-state index contributed by atoms with van der Waals surface area (Å²) in [6.45, 7) is 4.10. The van der Waals surface area contributed by atoms with Crippen LogP contribution in [0.5, 0.6) is 0 Å². The van der Waals surface area contributed by atoms with Crippen molar-refractivity contribution in [1.29, 1.82) is 0 Å². The van der Waals surface area contributed by atoms with Gasteiger partial charge in [0.2, 0.25) is 0 Å². The van der Waals surface area contributed by atoms with Crippen LogP contribution in [0.2, 0.25) is 0 Å². The van der Waals surface area contributed by atoms with Crippen LogP contribution in [0.15, 0.2) is 72.8 Å². The Balaban J connectivity index is 1.70. The van der Waals surface area contributed by atoms with Crippen molar-refractivity contribution < 1.29 is 9.59 Å². The summed E-state index contributed by atoms with van der Waals surface area (Å²) in [5.74, 6) is -0.381. The van der Waals surface area contributed by atoms with Gasteiger partial charge in [-0.1, -0.05) is 50.2 Å². The summed E-state index contributed by atoms with van der Waals surface area (Å²) in [6.07, 6.45) is 1.68. The normalized spacial score (nSPS) is 10.4. The first-order valence-electron chi connectivity index (χ1n) is 9.51. The van der Waals surface area contributed by atoms with E-state index in [0.717, 1.165) is 35.3 Å². The third-order valence-corrected chi connectivity index (χ3v) is 4.70. The molecule has 0 aliphatic heterocycles. The SMILES string of the molecule is CCc1ccccc1NC(=O)c1ccc(C(=O)Nc2ccccc2CC)cc1. The summed E-state index contributed by atoms with van der Waals surface area (Å²) in [6, 6.07) is 22.2. The highest BCUT2D eigenvalue weighted by Gasteiger charge is 2.11. The third kappa shape index (κ3) is 4.46. The van der Waals surface area contributed by atoms with Crippen LogP contribution in [-0.2, 0) is 12.8 Å². The summed E-state index contributed by atoms with van der Waals surface area (Å²) in [7, 11) is 0. The molecule has 2 N–H and O–H groups in total. The maximum absolute atomic E-state index is 12.5. The zero-order valence-electron chi connectivity index (χ0n) is 16.2. The van der Waals surface area contributed by atoms with Crippen LogP contribution < -0.4 is 10.6 Å². The van der Waals surface area contributed by atoms with Gasteiger partial charge in [-0.3, -0.25) is 9.59 Å². The molecule has 0 unspecified atom stereocenters. The van der Waals surface area contributed by atoms with E-state index in [0.29, 0.717) is 11.1 Å². The highest BCUT2D eigenvalue weighted by molar-refractivity contribution is 6.07. The van der Waals surface area contributed by atoms with Gasteiger partial charge in [-0.05, 0) is 60.4 Å². The Morgan fingerprint density at radius 1 is 0.607 bits per heavy atom. The number of anilines is 2. The summed E-state index contributed by atoms with van der Waals surface area (Å²) in [5, 5.41) is 5.88. The van der Waals surface area contributed by atoms with Crippen molar-refractivity contribution in [2.75, 3.05) is 10.6 Å². The van der Waals surface area contributed by atoms with Crippen molar-refractivity contribution in [3.8, 4) is 0 Å². The van der Waals surface area contributed by atoms with Crippen LogP contribution in [0.4, 0.5) is 11.4 Å². The molecule has 0 atom stereocenters. The molecule has 0 heterocycles. The zero-order chi connectivity index (χ0) is 19.9. The van der Waals surface area contributed by atoms with Crippen LogP contribution in [0.3, 0.4) is 0 Å². The maximum atomic E-state index is 12.5. The van der Waals surface area contributed by atoms with Crippen molar-refractivity contribution in [2.24, 2.45) is 0 Å². The molecule has 0 saturated heterocycles. The molecule has 0 saturated carbocycles. The second kappa shape index (κ2) is 9.00. The lowest BCUT2D eigenvalue weighted by Crippen LogP contribution is -2.15. The molecule has 4 nitrogen and oxygen atoms in total. The molecular formula is C24H24N2O2. The third-order valence-electron chi connectivity index (χ3n) is 4.70. The Morgan fingerprint density at radius 2 is 0.964 bits per heavy atom. The van der Waals surface area contributed by atoms with Gasteiger partial charge in [0.25, 0.3) is 11.8 Å². The van der Waals surface area contributed by atoms with Crippen molar-refractivity contribution in [3.63, 3.8) is 0 Å². The van der Waals surface area contributed by atoms with E-state index in [9.17, 15) is 9.59 Å². The molecule has 3 aromatic rings. The van der Waals surface area contributed by atoms with Gasteiger partial charge in [0.15, 0.2) is 0 Å². The molecule has 142 valence electrons. The number of rotatable bonds is 6. The largest absolute Gasteiger partial charge is 0.322 e.